The summed E-state index contributed by atoms with van der Waals surface area (Å²) in [6.45, 7) is 0.164. The molecule has 0 aliphatic heterocycles. The topological polar surface area (TPSA) is 75.0 Å². The van der Waals surface area contributed by atoms with Crippen molar-refractivity contribution >= 4 is 11.6 Å². The Labute approximate surface area is 118 Å². The molecule has 0 bridgehead atoms. The van der Waals surface area contributed by atoms with Gasteiger partial charge in [0, 0.05) is 30.7 Å². The molecular formula is C13H13F3N4O. The van der Waals surface area contributed by atoms with E-state index < -0.39 is 23.3 Å². The van der Waals surface area contributed by atoms with Crippen LogP contribution in [-0.2, 0) is 12.7 Å². The number of carbonyl (C=O) groups excluding carboxylic acids is 1. The van der Waals surface area contributed by atoms with Crippen LogP contribution in [0.3, 0.4) is 0 Å². The van der Waals surface area contributed by atoms with E-state index in [4.69, 9.17) is 5.73 Å². The van der Waals surface area contributed by atoms with E-state index in [0.717, 1.165) is 12.1 Å². The summed E-state index contributed by atoms with van der Waals surface area (Å²) in [7, 11) is 1.48. The molecule has 0 aliphatic rings. The summed E-state index contributed by atoms with van der Waals surface area (Å²) in [5.74, 6) is -0.00533. The van der Waals surface area contributed by atoms with Gasteiger partial charge in [0.1, 0.15) is 5.82 Å². The Balaban J connectivity index is 2.23. The van der Waals surface area contributed by atoms with E-state index >= 15 is 0 Å². The van der Waals surface area contributed by atoms with Crippen LogP contribution in [0, 0.1) is 0 Å². The number of alkyl halides is 3. The van der Waals surface area contributed by atoms with E-state index in [1.807, 2.05) is 0 Å². The second kappa shape index (κ2) is 5.47. The monoisotopic (exact) mass is 298 g/mol. The number of nitrogens with one attached hydrogen (secondary N) is 1. The van der Waals surface area contributed by atoms with Gasteiger partial charge in [-0.3, -0.25) is 4.79 Å². The quantitative estimate of drug-likeness (QED) is 0.854. The molecule has 112 valence electrons. The molecule has 0 radical (unpaired) electrons. The van der Waals surface area contributed by atoms with Gasteiger partial charge in [-0.1, -0.05) is 0 Å². The Bertz CT molecular complexity index is 637. The van der Waals surface area contributed by atoms with Gasteiger partial charge in [-0.25, -0.2) is 4.98 Å². The lowest BCUT2D eigenvalue weighted by molar-refractivity contribution is -0.136. The molecule has 0 spiro atoms. The molecule has 1 aromatic carbocycles. The number of imidazole rings is 1. The highest BCUT2D eigenvalue weighted by molar-refractivity contribution is 5.94. The lowest BCUT2D eigenvalue weighted by Crippen LogP contribution is -2.27. The molecule has 21 heavy (non-hydrogen) atoms. The minimum atomic E-state index is -4.60. The number of rotatable bonds is 3. The molecule has 1 heterocycles. The first-order valence-electron chi connectivity index (χ1n) is 5.99. The zero-order valence-electron chi connectivity index (χ0n) is 11.1. The van der Waals surface area contributed by atoms with Gasteiger partial charge >= 0.3 is 6.18 Å². The van der Waals surface area contributed by atoms with Gasteiger partial charge in [0.25, 0.3) is 5.91 Å². The Morgan fingerprint density at radius 1 is 1.43 bits per heavy atom. The van der Waals surface area contributed by atoms with Crippen LogP contribution >= 0.6 is 0 Å². The number of carbonyl (C=O) groups is 1. The van der Waals surface area contributed by atoms with Crippen LogP contribution in [0.1, 0.15) is 21.7 Å². The third-order valence-corrected chi connectivity index (χ3v) is 2.89. The summed E-state index contributed by atoms with van der Waals surface area (Å²) in [5.41, 5.74) is 3.80. The van der Waals surface area contributed by atoms with Gasteiger partial charge in [-0.2, -0.15) is 13.2 Å². The number of nitrogen functional groups attached to an aromatic ring is 1. The van der Waals surface area contributed by atoms with E-state index in [1.54, 1.807) is 6.20 Å². The minimum absolute atomic E-state index is 0.0782. The maximum atomic E-state index is 12.8. The fraction of sp³-hybridized carbons (Fsp3) is 0.231. The molecule has 8 heteroatoms. The molecule has 0 aliphatic carbocycles. The lowest BCUT2D eigenvalue weighted by Gasteiger charge is -2.17. The molecule has 0 unspecified atom stereocenters. The van der Waals surface area contributed by atoms with Crippen molar-refractivity contribution in [2.45, 2.75) is 12.7 Å². The van der Waals surface area contributed by atoms with E-state index in [0.29, 0.717) is 5.82 Å². The van der Waals surface area contributed by atoms with Gasteiger partial charge in [0.2, 0.25) is 0 Å². The summed E-state index contributed by atoms with van der Waals surface area (Å²) < 4.78 is 38.3. The number of anilines is 1. The van der Waals surface area contributed by atoms with Crippen LogP contribution in [0.15, 0.2) is 30.6 Å². The van der Waals surface area contributed by atoms with Crippen molar-refractivity contribution in [3.63, 3.8) is 0 Å². The zero-order chi connectivity index (χ0) is 15.6. The van der Waals surface area contributed by atoms with Crippen LogP contribution < -0.4 is 5.73 Å². The second-order valence-corrected chi connectivity index (χ2v) is 4.50. The molecule has 1 amide bonds. The summed E-state index contributed by atoms with van der Waals surface area (Å²) in [6.07, 6.45) is -1.47. The van der Waals surface area contributed by atoms with Crippen LogP contribution in [0.2, 0.25) is 0 Å². The van der Waals surface area contributed by atoms with Crippen LogP contribution in [-0.4, -0.2) is 27.8 Å². The number of amides is 1. The molecule has 5 nitrogen and oxygen atoms in total. The van der Waals surface area contributed by atoms with E-state index in [-0.39, 0.29) is 12.1 Å². The number of aromatic amines is 1. The first-order chi connectivity index (χ1) is 9.79. The Morgan fingerprint density at radius 2 is 2.14 bits per heavy atom. The van der Waals surface area contributed by atoms with Gasteiger partial charge < -0.3 is 15.6 Å². The van der Waals surface area contributed by atoms with Gasteiger partial charge in [-0.15, -0.1) is 0 Å². The van der Waals surface area contributed by atoms with Crippen molar-refractivity contribution in [1.82, 2.24) is 14.9 Å². The third kappa shape index (κ3) is 3.33. The molecule has 0 atom stereocenters. The average Bonchev–Trinajstić information content (AvgIpc) is 2.90. The molecule has 3 N–H and O–H groups in total. The summed E-state index contributed by atoms with van der Waals surface area (Å²) in [4.78, 5) is 20.2. The number of hydrogen-bond donors (Lipinski definition) is 2. The predicted molar refractivity (Wildman–Crippen MR) is 70.2 cm³/mol. The number of halogens is 3. The maximum absolute atomic E-state index is 12.8. The second-order valence-electron chi connectivity index (χ2n) is 4.50. The zero-order valence-corrected chi connectivity index (χ0v) is 11.1. The van der Waals surface area contributed by atoms with E-state index in [2.05, 4.69) is 9.97 Å². The summed E-state index contributed by atoms with van der Waals surface area (Å²) in [5, 5.41) is 0. The fourth-order valence-corrected chi connectivity index (χ4v) is 1.84. The van der Waals surface area contributed by atoms with Gasteiger partial charge in [0.15, 0.2) is 0 Å². The maximum Gasteiger partial charge on any atom is 0.418 e. The molecule has 2 aromatic rings. The minimum Gasteiger partial charge on any atom is -0.398 e. The van der Waals surface area contributed by atoms with Crippen molar-refractivity contribution in [3.05, 3.63) is 47.5 Å². The van der Waals surface area contributed by atoms with Gasteiger partial charge in [-0.05, 0) is 18.2 Å². The molecule has 0 saturated carbocycles. The average molecular weight is 298 g/mol. The van der Waals surface area contributed by atoms with E-state index in [9.17, 15) is 18.0 Å². The SMILES string of the molecule is CN(Cc1ncc[nH]1)C(=O)c1ccc(N)c(C(F)(F)F)c1. The third-order valence-electron chi connectivity index (χ3n) is 2.89. The van der Waals surface area contributed by atoms with Crippen LogP contribution in [0.4, 0.5) is 18.9 Å². The van der Waals surface area contributed by atoms with E-state index in [1.165, 1.54) is 24.2 Å². The highest BCUT2D eigenvalue weighted by Gasteiger charge is 2.33. The van der Waals surface area contributed by atoms with Crippen LogP contribution in [0.25, 0.3) is 0 Å². The molecular weight excluding hydrogens is 285 g/mol. The Kier molecular flexibility index (Phi) is 3.88. The lowest BCUT2D eigenvalue weighted by atomic mass is 10.1. The normalized spacial score (nSPS) is 11.4. The molecule has 1 aromatic heterocycles. The fourth-order valence-electron chi connectivity index (χ4n) is 1.84. The molecule has 0 saturated heterocycles. The smallest absolute Gasteiger partial charge is 0.398 e. The predicted octanol–water partition coefficient (Wildman–Crippen LogP) is 2.28. The van der Waals surface area contributed by atoms with Crippen molar-refractivity contribution in [2.24, 2.45) is 0 Å². The standard InChI is InChI=1S/C13H13F3N4O/c1-20(7-11-18-4-5-19-11)12(21)8-2-3-10(17)9(6-8)13(14,15)16/h2-6H,7,17H2,1H3,(H,18,19). The number of hydrogen-bond acceptors (Lipinski definition) is 3. The van der Waals surface area contributed by atoms with Crippen molar-refractivity contribution < 1.29 is 18.0 Å². The number of nitrogens with zero attached hydrogens (tertiary/aromatic N) is 2. The number of benzene rings is 1. The summed E-state index contributed by atoms with van der Waals surface area (Å²) >= 11 is 0. The first kappa shape index (κ1) is 14.9. The van der Waals surface area contributed by atoms with Gasteiger partial charge in [0.05, 0.1) is 12.1 Å². The Hall–Kier alpha value is -2.51. The number of aromatic nitrogens is 2. The number of nitrogens with two attached hydrogens (primary N) is 1. The highest BCUT2D eigenvalue weighted by atomic mass is 19.4. The highest BCUT2D eigenvalue weighted by Crippen LogP contribution is 2.34. The molecule has 0 fully saturated rings. The van der Waals surface area contributed by atoms with Crippen molar-refractivity contribution in [2.75, 3.05) is 12.8 Å². The summed E-state index contributed by atoms with van der Waals surface area (Å²) in [6, 6.07) is 3.11. The largest absolute Gasteiger partial charge is 0.418 e. The first-order valence-corrected chi connectivity index (χ1v) is 5.99. The van der Waals surface area contributed by atoms with Crippen molar-refractivity contribution in [3.8, 4) is 0 Å². The number of H-pyrrole nitrogens is 1. The van der Waals surface area contributed by atoms with Crippen LogP contribution in [0.5, 0.6) is 0 Å². The van der Waals surface area contributed by atoms with Crippen molar-refractivity contribution in [1.29, 1.82) is 0 Å². The Morgan fingerprint density at radius 3 is 2.71 bits per heavy atom. The molecule has 2 rings (SSSR count).